The molecule has 4 fully saturated rings. The third kappa shape index (κ3) is 2.62. The van der Waals surface area contributed by atoms with Crippen LogP contribution in [0, 0.1) is 22.7 Å². The summed E-state index contributed by atoms with van der Waals surface area (Å²) in [4.78, 5) is 39.2. The minimum absolute atomic E-state index is 0.0886. The number of hydrogen-bond donors (Lipinski definition) is 2. The standard InChI is InChI=1S/C21H33N3O3/c1-13-5-9-21(10-6-13)17(26)24(18(27)23-21)12-16(25)22-15-11-14-7-8-20(15,4)19(14,2)3/h13-15H,5-12H2,1-4H3,(H,22,25)(H,23,27). The smallest absolute Gasteiger partial charge is 0.325 e. The Kier molecular flexibility index (Phi) is 4.13. The molecule has 6 heteroatoms. The number of imide groups is 1. The van der Waals surface area contributed by atoms with Gasteiger partial charge in [0.2, 0.25) is 5.91 Å². The van der Waals surface area contributed by atoms with E-state index in [0.717, 1.165) is 30.6 Å². The van der Waals surface area contributed by atoms with Crippen molar-refractivity contribution in [3.05, 3.63) is 0 Å². The molecule has 4 amide bonds. The van der Waals surface area contributed by atoms with Crippen molar-refractivity contribution in [1.82, 2.24) is 15.5 Å². The Hall–Kier alpha value is -1.59. The van der Waals surface area contributed by atoms with Crippen LogP contribution in [0.15, 0.2) is 0 Å². The minimum atomic E-state index is -0.774. The summed E-state index contributed by atoms with van der Waals surface area (Å²) in [5, 5.41) is 6.05. The zero-order valence-electron chi connectivity index (χ0n) is 17.1. The van der Waals surface area contributed by atoms with E-state index in [-0.39, 0.29) is 35.2 Å². The summed E-state index contributed by atoms with van der Waals surface area (Å²) < 4.78 is 0. The van der Waals surface area contributed by atoms with Crippen molar-refractivity contribution in [2.24, 2.45) is 22.7 Å². The highest BCUT2D eigenvalue weighted by Gasteiger charge is 2.61. The van der Waals surface area contributed by atoms with Gasteiger partial charge in [0, 0.05) is 6.04 Å². The van der Waals surface area contributed by atoms with E-state index >= 15 is 0 Å². The zero-order chi connectivity index (χ0) is 19.6. The summed E-state index contributed by atoms with van der Waals surface area (Å²) in [5.41, 5.74) is -0.468. The number of nitrogens with one attached hydrogen (secondary N) is 2. The molecule has 3 unspecified atom stereocenters. The number of amides is 4. The number of carbonyl (C=O) groups is 3. The second-order valence-electron chi connectivity index (χ2n) is 10.3. The Morgan fingerprint density at radius 2 is 1.81 bits per heavy atom. The van der Waals surface area contributed by atoms with Crippen LogP contribution >= 0.6 is 0 Å². The van der Waals surface area contributed by atoms with E-state index in [1.165, 1.54) is 6.42 Å². The van der Waals surface area contributed by atoms with Gasteiger partial charge in [0.05, 0.1) is 0 Å². The molecule has 1 spiro atoms. The van der Waals surface area contributed by atoms with Crippen molar-refractivity contribution < 1.29 is 14.4 Å². The highest BCUT2D eigenvalue weighted by Crippen LogP contribution is 2.65. The molecule has 2 bridgehead atoms. The topological polar surface area (TPSA) is 78.5 Å². The largest absolute Gasteiger partial charge is 0.351 e. The molecule has 3 atom stereocenters. The van der Waals surface area contributed by atoms with Crippen molar-refractivity contribution >= 4 is 17.8 Å². The molecule has 27 heavy (non-hydrogen) atoms. The van der Waals surface area contributed by atoms with Gasteiger partial charge in [-0.05, 0) is 67.6 Å². The summed E-state index contributed by atoms with van der Waals surface area (Å²) >= 11 is 0. The SMILES string of the molecule is CC1CCC2(CC1)NC(=O)N(CC(=O)NC1CC3CCC1(C)C3(C)C)C2=O. The fourth-order valence-electron chi connectivity index (χ4n) is 6.22. The molecule has 2 N–H and O–H groups in total. The fraction of sp³-hybridized carbons (Fsp3) is 0.857. The highest BCUT2D eigenvalue weighted by molar-refractivity contribution is 6.09. The number of rotatable bonds is 3. The molecular formula is C21H33N3O3. The maximum Gasteiger partial charge on any atom is 0.325 e. The fourth-order valence-corrected chi connectivity index (χ4v) is 6.22. The lowest BCUT2D eigenvalue weighted by molar-refractivity contribution is -0.136. The van der Waals surface area contributed by atoms with Gasteiger partial charge >= 0.3 is 6.03 Å². The zero-order valence-corrected chi connectivity index (χ0v) is 17.1. The Balaban J connectivity index is 1.40. The molecule has 0 aromatic carbocycles. The predicted octanol–water partition coefficient (Wildman–Crippen LogP) is 2.82. The second kappa shape index (κ2) is 5.95. The van der Waals surface area contributed by atoms with Crippen LogP contribution in [-0.4, -0.2) is 40.9 Å². The van der Waals surface area contributed by atoms with E-state index in [1.54, 1.807) is 0 Å². The van der Waals surface area contributed by atoms with E-state index in [1.807, 2.05) is 0 Å². The molecule has 0 aromatic heterocycles. The first-order valence-corrected chi connectivity index (χ1v) is 10.5. The monoisotopic (exact) mass is 375 g/mol. The lowest BCUT2D eigenvalue weighted by Crippen LogP contribution is -2.51. The molecule has 3 saturated carbocycles. The number of carbonyl (C=O) groups excluding carboxylic acids is 3. The van der Waals surface area contributed by atoms with E-state index in [9.17, 15) is 14.4 Å². The molecule has 1 heterocycles. The van der Waals surface area contributed by atoms with Gasteiger partial charge in [-0.2, -0.15) is 0 Å². The first-order chi connectivity index (χ1) is 12.6. The maximum atomic E-state index is 12.9. The van der Waals surface area contributed by atoms with Crippen molar-refractivity contribution in [2.75, 3.05) is 6.54 Å². The average molecular weight is 376 g/mol. The van der Waals surface area contributed by atoms with Crippen LogP contribution in [-0.2, 0) is 9.59 Å². The van der Waals surface area contributed by atoms with Crippen LogP contribution in [0.4, 0.5) is 4.79 Å². The summed E-state index contributed by atoms with van der Waals surface area (Å²) in [6, 6.07) is -0.284. The van der Waals surface area contributed by atoms with Crippen LogP contribution in [0.25, 0.3) is 0 Å². The molecule has 0 radical (unpaired) electrons. The minimum Gasteiger partial charge on any atom is -0.351 e. The highest BCUT2D eigenvalue weighted by atomic mass is 16.2. The first kappa shape index (κ1) is 18.8. The van der Waals surface area contributed by atoms with Crippen LogP contribution in [0.1, 0.15) is 72.6 Å². The summed E-state index contributed by atoms with van der Waals surface area (Å²) in [5.74, 6) is 0.792. The van der Waals surface area contributed by atoms with Gasteiger partial charge < -0.3 is 10.6 Å². The maximum absolute atomic E-state index is 12.9. The number of nitrogens with zero attached hydrogens (tertiary/aromatic N) is 1. The lowest BCUT2D eigenvalue weighted by Gasteiger charge is -2.39. The molecule has 150 valence electrons. The van der Waals surface area contributed by atoms with Crippen LogP contribution in [0.3, 0.4) is 0 Å². The number of urea groups is 1. The molecule has 0 aromatic rings. The summed E-state index contributed by atoms with van der Waals surface area (Å²) in [7, 11) is 0. The van der Waals surface area contributed by atoms with Crippen molar-refractivity contribution in [3.63, 3.8) is 0 Å². The molecular weight excluding hydrogens is 342 g/mol. The molecule has 6 nitrogen and oxygen atoms in total. The molecule has 4 rings (SSSR count). The van der Waals surface area contributed by atoms with Crippen molar-refractivity contribution in [1.29, 1.82) is 0 Å². The molecule has 4 aliphatic rings. The van der Waals surface area contributed by atoms with Crippen molar-refractivity contribution in [3.8, 4) is 0 Å². The van der Waals surface area contributed by atoms with Crippen LogP contribution in [0.5, 0.6) is 0 Å². The Morgan fingerprint density at radius 1 is 1.15 bits per heavy atom. The normalized spacial score (nSPS) is 37.1. The van der Waals surface area contributed by atoms with Gasteiger partial charge in [0.15, 0.2) is 0 Å². The number of hydrogen-bond acceptors (Lipinski definition) is 3. The Labute approximate surface area is 161 Å². The third-order valence-electron chi connectivity index (χ3n) is 8.80. The quantitative estimate of drug-likeness (QED) is 0.745. The van der Waals surface area contributed by atoms with Gasteiger partial charge in [0.25, 0.3) is 5.91 Å². The Bertz CT molecular complexity index is 680. The van der Waals surface area contributed by atoms with Gasteiger partial charge in [0.1, 0.15) is 12.1 Å². The molecule has 1 saturated heterocycles. The van der Waals surface area contributed by atoms with Gasteiger partial charge in [-0.1, -0.05) is 27.7 Å². The molecule has 1 aliphatic heterocycles. The van der Waals surface area contributed by atoms with E-state index in [0.29, 0.717) is 24.7 Å². The van der Waals surface area contributed by atoms with Crippen LogP contribution < -0.4 is 10.6 Å². The predicted molar refractivity (Wildman–Crippen MR) is 102 cm³/mol. The second-order valence-corrected chi connectivity index (χ2v) is 10.3. The lowest BCUT2D eigenvalue weighted by atomic mass is 9.69. The van der Waals surface area contributed by atoms with Gasteiger partial charge in [-0.25, -0.2) is 4.79 Å². The number of fused-ring (bicyclic) bond motifs is 2. The third-order valence-corrected chi connectivity index (χ3v) is 8.80. The van der Waals surface area contributed by atoms with E-state index < -0.39 is 11.6 Å². The van der Waals surface area contributed by atoms with Crippen LogP contribution in [0.2, 0.25) is 0 Å². The van der Waals surface area contributed by atoms with Gasteiger partial charge in [-0.15, -0.1) is 0 Å². The Morgan fingerprint density at radius 3 is 2.37 bits per heavy atom. The van der Waals surface area contributed by atoms with E-state index in [2.05, 4.69) is 38.3 Å². The summed E-state index contributed by atoms with van der Waals surface area (Å²) in [6.45, 7) is 8.90. The molecule has 3 aliphatic carbocycles. The average Bonchev–Trinajstić information content (AvgIpc) is 3.04. The van der Waals surface area contributed by atoms with Gasteiger partial charge in [-0.3, -0.25) is 14.5 Å². The summed E-state index contributed by atoms with van der Waals surface area (Å²) in [6.07, 6.45) is 6.56. The first-order valence-electron chi connectivity index (χ1n) is 10.5. The van der Waals surface area contributed by atoms with Crippen molar-refractivity contribution in [2.45, 2.75) is 84.2 Å². The van der Waals surface area contributed by atoms with E-state index in [4.69, 9.17) is 0 Å².